The van der Waals surface area contributed by atoms with Crippen molar-refractivity contribution >= 4 is 29.1 Å². The van der Waals surface area contributed by atoms with E-state index in [9.17, 15) is 4.79 Å². The van der Waals surface area contributed by atoms with Gasteiger partial charge in [-0.1, -0.05) is 6.07 Å². The van der Waals surface area contributed by atoms with Crippen LogP contribution in [0.2, 0.25) is 0 Å². The van der Waals surface area contributed by atoms with Gasteiger partial charge in [-0.25, -0.2) is 4.79 Å². The van der Waals surface area contributed by atoms with E-state index in [0.717, 1.165) is 16.9 Å². The summed E-state index contributed by atoms with van der Waals surface area (Å²) in [7, 11) is 0. The molecule has 0 saturated carbocycles. The first kappa shape index (κ1) is 13.5. The lowest BCUT2D eigenvalue weighted by molar-refractivity contribution is 0.0696. The molecule has 0 radical (unpaired) electrons. The third-order valence-electron chi connectivity index (χ3n) is 2.82. The van der Waals surface area contributed by atoms with Crippen LogP contribution in [0, 0.1) is 6.92 Å². The number of carboxylic acid groups (broad SMARTS) is 1. The Balaban J connectivity index is 2.23. The SMILES string of the molecule is CSc1cccc(Nc2ccc(C(=O)O)c(C)c2)c1. The fraction of sp³-hybridized carbons (Fsp3) is 0.133. The molecular weight excluding hydrogens is 258 g/mol. The lowest BCUT2D eigenvalue weighted by Crippen LogP contribution is -2.00. The van der Waals surface area contributed by atoms with E-state index < -0.39 is 5.97 Å². The summed E-state index contributed by atoms with van der Waals surface area (Å²) in [4.78, 5) is 12.1. The molecule has 0 aliphatic carbocycles. The van der Waals surface area contributed by atoms with Crippen molar-refractivity contribution in [2.24, 2.45) is 0 Å². The van der Waals surface area contributed by atoms with E-state index in [4.69, 9.17) is 5.11 Å². The Bertz CT molecular complexity index is 611. The van der Waals surface area contributed by atoms with Gasteiger partial charge in [0.2, 0.25) is 0 Å². The van der Waals surface area contributed by atoms with Crippen molar-refractivity contribution in [3.8, 4) is 0 Å². The number of benzene rings is 2. The van der Waals surface area contributed by atoms with Crippen molar-refractivity contribution in [3.05, 3.63) is 53.6 Å². The number of aryl methyl sites for hydroxylation is 1. The van der Waals surface area contributed by atoms with Gasteiger partial charge in [0.15, 0.2) is 0 Å². The van der Waals surface area contributed by atoms with Crippen LogP contribution in [0.4, 0.5) is 11.4 Å². The number of hydrogen-bond acceptors (Lipinski definition) is 3. The van der Waals surface area contributed by atoms with Crippen LogP contribution in [-0.4, -0.2) is 17.3 Å². The molecule has 0 fully saturated rings. The Morgan fingerprint density at radius 3 is 2.53 bits per heavy atom. The number of carboxylic acids is 1. The number of nitrogens with one attached hydrogen (secondary N) is 1. The minimum Gasteiger partial charge on any atom is -0.478 e. The van der Waals surface area contributed by atoms with Crippen molar-refractivity contribution in [2.45, 2.75) is 11.8 Å². The lowest BCUT2D eigenvalue weighted by Gasteiger charge is -2.09. The normalized spacial score (nSPS) is 10.2. The maximum absolute atomic E-state index is 11.0. The van der Waals surface area contributed by atoms with Crippen LogP contribution in [0.5, 0.6) is 0 Å². The molecule has 0 spiro atoms. The molecule has 0 aromatic heterocycles. The molecule has 2 aromatic carbocycles. The van der Waals surface area contributed by atoms with E-state index in [-0.39, 0.29) is 0 Å². The first-order chi connectivity index (χ1) is 9.10. The number of anilines is 2. The molecular formula is C15H15NO2S. The van der Waals surface area contributed by atoms with E-state index in [2.05, 4.69) is 17.4 Å². The van der Waals surface area contributed by atoms with Crippen molar-refractivity contribution in [2.75, 3.05) is 11.6 Å². The zero-order valence-electron chi connectivity index (χ0n) is 10.8. The van der Waals surface area contributed by atoms with E-state index in [1.54, 1.807) is 30.8 Å². The molecule has 0 atom stereocenters. The van der Waals surface area contributed by atoms with Crippen LogP contribution >= 0.6 is 11.8 Å². The van der Waals surface area contributed by atoms with Gasteiger partial charge in [0.1, 0.15) is 0 Å². The molecule has 2 aromatic rings. The van der Waals surface area contributed by atoms with Crippen molar-refractivity contribution in [3.63, 3.8) is 0 Å². The summed E-state index contributed by atoms with van der Waals surface area (Å²) in [5.74, 6) is -0.895. The lowest BCUT2D eigenvalue weighted by atomic mass is 10.1. The van der Waals surface area contributed by atoms with Crippen LogP contribution in [0.15, 0.2) is 47.4 Å². The second kappa shape index (κ2) is 5.80. The summed E-state index contributed by atoms with van der Waals surface area (Å²) in [6.07, 6.45) is 2.03. The van der Waals surface area contributed by atoms with E-state index >= 15 is 0 Å². The predicted octanol–water partition coefficient (Wildman–Crippen LogP) is 4.16. The van der Waals surface area contributed by atoms with Gasteiger partial charge in [0.25, 0.3) is 0 Å². The average molecular weight is 273 g/mol. The van der Waals surface area contributed by atoms with Crippen molar-refractivity contribution < 1.29 is 9.90 Å². The smallest absolute Gasteiger partial charge is 0.335 e. The van der Waals surface area contributed by atoms with E-state index in [1.165, 1.54) is 4.90 Å². The average Bonchev–Trinajstić information content (AvgIpc) is 2.38. The van der Waals surface area contributed by atoms with Crippen LogP contribution in [0.25, 0.3) is 0 Å². The Hall–Kier alpha value is -1.94. The predicted molar refractivity (Wildman–Crippen MR) is 79.6 cm³/mol. The highest BCUT2D eigenvalue weighted by molar-refractivity contribution is 7.98. The minimum atomic E-state index is -0.895. The number of carbonyl (C=O) groups is 1. The molecule has 2 N–H and O–H groups in total. The highest BCUT2D eigenvalue weighted by Crippen LogP contribution is 2.23. The maximum atomic E-state index is 11.0. The van der Waals surface area contributed by atoms with Crippen molar-refractivity contribution in [1.82, 2.24) is 0 Å². The molecule has 2 rings (SSSR count). The maximum Gasteiger partial charge on any atom is 0.335 e. The largest absolute Gasteiger partial charge is 0.478 e. The topological polar surface area (TPSA) is 49.3 Å². The third kappa shape index (κ3) is 3.29. The first-order valence-corrected chi connectivity index (χ1v) is 7.07. The zero-order chi connectivity index (χ0) is 13.8. The molecule has 0 saturated heterocycles. The second-order valence-corrected chi connectivity index (χ2v) is 5.07. The summed E-state index contributed by atoms with van der Waals surface area (Å²) < 4.78 is 0. The number of rotatable bonds is 4. The molecule has 98 valence electrons. The van der Waals surface area contributed by atoms with Gasteiger partial charge in [-0.15, -0.1) is 11.8 Å². The van der Waals surface area contributed by atoms with Gasteiger partial charge in [-0.2, -0.15) is 0 Å². The number of thioether (sulfide) groups is 1. The highest BCUT2D eigenvalue weighted by Gasteiger charge is 2.07. The monoisotopic (exact) mass is 273 g/mol. The van der Waals surface area contributed by atoms with Crippen LogP contribution < -0.4 is 5.32 Å². The van der Waals surface area contributed by atoms with Gasteiger partial charge in [0, 0.05) is 16.3 Å². The third-order valence-corrected chi connectivity index (χ3v) is 3.54. The van der Waals surface area contributed by atoms with E-state index in [0.29, 0.717) is 5.56 Å². The summed E-state index contributed by atoms with van der Waals surface area (Å²) in [5.41, 5.74) is 2.97. The standard InChI is InChI=1S/C15H15NO2S/c1-10-8-12(6-7-14(10)15(17)18)16-11-4-3-5-13(9-11)19-2/h3-9,16H,1-2H3,(H,17,18). The van der Waals surface area contributed by atoms with Gasteiger partial charge >= 0.3 is 5.97 Å². The highest BCUT2D eigenvalue weighted by atomic mass is 32.2. The molecule has 0 amide bonds. The molecule has 19 heavy (non-hydrogen) atoms. The number of aromatic carboxylic acids is 1. The second-order valence-electron chi connectivity index (χ2n) is 4.19. The van der Waals surface area contributed by atoms with Crippen LogP contribution in [0.3, 0.4) is 0 Å². The molecule has 3 nitrogen and oxygen atoms in total. The van der Waals surface area contributed by atoms with Crippen LogP contribution in [-0.2, 0) is 0 Å². The van der Waals surface area contributed by atoms with Crippen molar-refractivity contribution in [1.29, 1.82) is 0 Å². The fourth-order valence-corrected chi connectivity index (χ4v) is 2.31. The summed E-state index contributed by atoms with van der Waals surface area (Å²) in [6.45, 7) is 1.80. The van der Waals surface area contributed by atoms with Gasteiger partial charge in [-0.3, -0.25) is 0 Å². The summed E-state index contributed by atoms with van der Waals surface area (Å²) in [6, 6.07) is 13.3. The summed E-state index contributed by atoms with van der Waals surface area (Å²) in [5, 5.41) is 12.3. The van der Waals surface area contributed by atoms with Crippen LogP contribution in [0.1, 0.15) is 15.9 Å². The molecule has 0 heterocycles. The van der Waals surface area contributed by atoms with Gasteiger partial charge in [-0.05, 0) is 55.1 Å². The first-order valence-electron chi connectivity index (χ1n) is 5.85. The molecule has 0 aliphatic rings. The Labute approximate surface area is 116 Å². The minimum absolute atomic E-state index is 0.336. The molecule has 4 heteroatoms. The van der Waals surface area contributed by atoms with E-state index in [1.807, 2.05) is 24.5 Å². The Morgan fingerprint density at radius 2 is 1.89 bits per heavy atom. The Morgan fingerprint density at radius 1 is 1.16 bits per heavy atom. The quantitative estimate of drug-likeness (QED) is 0.821. The van der Waals surface area contributed by atoms with Gasteiger partial charge in [0.05, 0.1) is 5.56 Å². The summed E-state index contributed by atoms with van der Waals surface area (Å²) >= 11 is 1.69. The fourth-order valence-electron chi connectivity index (χ4n) is 1.85. The zero-order valence-corrected chi connectivity index (χ0v) is 11.6. The van der Waals surface area contributed by atoms with Gasteiger partial charge < -0.3 is 10.4 Å². The molecule has 0 aliphatic heterocycles. The molecule has 0 unspecified atom stereocenters. The Kier molecular flexibility index (Phi) is 4.12. The molecule has 0 bridgehead atoms. The number of hydrogen-bond donors (Lipinski definition) is 2.